The molecule has 1 aromatic heterocycles. The minimum atomic E-state index is -2.95. The van der Waals surface area contributed by atoms with E-state index in [9.17, 15) is 29.6 Å². The van der Waals surface area contributed by atoms with E-state index in [-0.39, 0.29) is 42.1 Å². The number of anilines is 2. The Morgan fingerprint density at radius 1 is 1.25 bits per heavy atom. The lowest BCUT2D eigenvalue weighted by atomic mass is 9.82. The average molecular weight is 678 g/mol. The fourth-order valence-electron chi connectivity index (χ4n) is 7.74. The fraction of sp³-hybridized carbons (Fsp3) is 0.515. The number of nitrogens with one attached hydrogen (secondary N) is 2. The van der Waals surface area contributed by atoms with E-state index in [2.05, 4.69) is 20.9 Å². The van der Waals surface area contributed by atoms with E-state index in [0.717, 1.165) is 24.9 Å². The standard InChI is InChI=1S/C33H43N7O7Si/c1-21-30(48(2,3)46)29(12-15-38-20-25(13-16-41)36-37-38)47-33(21)27-17-26(40(44)45)10-11-28(27)39(32(33)43)19-22-6-8-24(9-7-22)35-31(42)23-5-4-14-34-18-23/h6-11,17,20-21,23,29-30,34,41,46H,4-5,12-16,18-19H2,1-3H3,(H,35,42)/t21-,23?,29+,30-,33+/m1/s1. The summed E-state index contributed by atoms with van der Waals surface area (Å²) in [4.78, 5) is 52.0. The fourth-order valence-corrected chi connectivity index (χ4v) is 10.3. The van der Waals surface area contributed by atoms with E-state index in [0.29, 0.717) is 48.6 Å². The largest absolute Gasteiger partial charge is 0.432 e. The van der Waals surface area contributed by atoms with Gasteiger partial charge in [0, 0.05) is 67.2 Å². The molecule has 3 aromatic rings. The van der Waals surface area contributed by atoms with E-state index in [1.807, 2.05) is 44.3 Å². The molecule has 48 heavy (non-hydrogen) atoms. The molecule has 0 radical (unpaired) electrons. The van der Waals surface area contributed by atoms with Gasteiger partial charge in [0.2, 0.25) is 5.91 Å². The SMILES string of the molecule is C[C@@H]1[C@@H]([Si](C)(C)O)[C@H](CCn2cc(CCO)nn2)O[C@@]12C(=O)N(Cc1ccc(NC(=O)C3CCCNC3)cc1)c1ccc([N+](=O)[O-])cc12. The van der Waals surface area contributed by atoms with Crippen LogP contribution >= 0.6 is 0 Å². The highest BCUT2D eigenvalue weighted by Crippen LogP contribution is 2.60. The van der Waals surface area contributed by atoms with E-state index in [1.165, 1.54) is 12.1 Å². The summed E-state index contributed by atoms with van der Waals surface area (Å²) in [6.45, 7) is 7.69. The van der Waals surface area contributed by atoms with Gasteiger partial charge in [-0.1, -0.05) is 24.3 Å². The maximum atomic E-state index is 14.7. The van der Waals surface area contributed by atoms with Crippen molar-refractivity contribution in [2.75, 3.05) is 29.9 Å². The van der Waals surface area contributed by atoms with Crippen LogP contribution in [0.3, 0.4) is 0 Å². The van der Waals surface area contributed by atoms with Crippen molar-refractivity contribution < 1.29 is 29.2 Å². The first-order chi connectivity index (χ1) is 22.9. The number of benzene rings is 2. The number of aliphatic hydroxyl groups is 1. The number of aliphatic hydroxyl groups excluding tert-OH is 1. The zero-order valence-electron chi connectivity index (χ0n) is 27.5. The molecule has 5 atom stereocenters. The molecule has 0 aliphatic carbocycles. The molecule has 1 unspecified atom stereocenters. The topological polar surface area (TPSA) is 185 Å². The number of nitrogens with zero attached hydrogens (tertiary/aromatic N) is 5. The number of hydrogen-bond acceptors (Lipinski definition) is 10. The Balaban J connectivity index is 1.28. The van der Waals surface area contributed by atoms with Crippen LogP contribution in [0.25, 0.3) is 0 Å². The summed E-state index contributed by atoms with van der Waals surface area (Å²) < 4.78 is 8.47. The maximum Gasteiger partial charge on any atom is 0.269 e. The molecule has 2 aromatic carbocycles. The van der Waals surface area contributed by atoms with Crippen LogP contribution in [0.4, 0.5) is 17.1 Å². The molecule has 2 amide bonds. The van der Waals surface area contributed by atoms with Gasteiger partial charge < -0.3 is 30.2 Å². The van der Waals surface area contributed by atoms with E-state index in [1.54, 1.807) is 21.8 Å². The van der Waals surface area contributed by atoms with Crippen molar-refractivity contribution in [3.8, 4) is 0 Å². The van der Waals surface area contributed by atoms with Gasteiger partial charge in [-0.15, -0.1) is 5.10 Å². The molecule has 14 nitrogen and oxygen atoms in total. The van der Waals surface area contributed by atoms with Gasteiger partial charge in [-0.25, -0.2) is 0 Å². The summed E-state index contributed by atoms with van der Waals surface area (Å²) in [6, 6.07) is 11.8. The monoisotopic (exact) mass is 677 g/mol. The smallest absolute Gasteiger partial charge is 0.269 e. The van der Waals surface area contributed by atoms with Crippen LogP contribution in [0.2, 0.25) is 18.6 Å². The molecule has 1 spiro atoms. The van der Waals surface area contributed by atoms with Gasteiger partial charge in [-0.3, -0.25) is 24.4 Å². The second-order valence-corrected chi connectivity index (χ2v) is 17.6. The molecule has 4 heterocycles. The second-order valence-electron chi connectivity index (χ2n) is 13.7. The predicted octanol–water partition coefficient (Wildman–Crippen LogP) is 3.09. The zero-order chi connectivity index (χ0) is 34.2. The molecule has 0 bridgehead atoms. The lowest BCUT2D eigenvalue weighted by Gasteiger charge is -2.32. The summed E-state index contributed by atoms with van der Waals surface area (Å²) in [7, 11) is -2.95. The van der Waals surface area contributed by atoms with E-state index in [4.69, 9.17) is 4.74 Å². The average Bonchev–Trinajstić information content (AvgIpc) is 3.71. The first kappa shape index (κ1) is 33.9. The zero-order valence-corrected chi connectivity index (χ0v) is 28.5. The van der Waals surface area contributed by atoms with E-state index >= 15 is 0 Å². The summed E-state index contributed by atoms with van der Waals surface area (Å²) in [5.41, 5.74) is 1.04. The highest BCUT2D eigenvalue weighted by Gasteiger charge is 2.66. The molecule has 2 saturated heterocycles. The second kappa shape index (κ2) is 13.5. The molecule has 3 aliphatic rings. The molecular formula is C33H43N7O7Si. The molecule has 3 aliphatic heterocycles. The summed E-state index contributed by atoms with van der Waals surface area (Å²) in [5, 5.41) is 35.6. The number of amides is 2. The number of fused-ring (bicyclic) bond motifs is 2. The molecule has 15 heteroatoms. The van der Waals surface area contributed by atoms with Gasteiger partial charge >= 0.3 is 0 Å². The number of non-ortho nitro benzene ring substituents is 1. The molecule has 0 saturated carbocycles. The highest BCUT2D eigenvalue weighted by atomic mass is 28.4. The van der Waals surface area contributed by atoms with Crippen molar-refractivity contribution in [1.29, 1.82) is 0 Å². The highest BCUT2D eigenvalue weighted by molar-refractivity contribution is 6.71. The number of piperidine rings is 1. The third-order valence-corrected chi connectivity index (χ3v) is 12.5. The van der Waals surface area contributed by atoms with Gasteiger partial charge in [0.05, 0.1) is 34.9 Å². The third kappa shape index (κ3) is 6.40. The van der Waals surface area contributed by atoms with Crippen LogP contribution in [0.5, 0.6) is 0 Å². The number of nitro groups is 1. The lowest BCUT2D eigenvalue weighted by molar-refractivity contribution is -0.385. The van der Waals surface area contributed by atoms with Gasteiger partial charge in [-0.2, -0.15) is 0 Å². The molecular weight excluding hydrogens is 634 g/mol. The minimum absolute atomic E-state index is 0.0246. The summed E-state index contributed by atoms with van der Waals surface area (Å²) in [5.74, 6) is -0.918. The van der Waals surface area contributed by atoms with Gasteiger partial charge in [0.15, 0.2) is 13.9 Å². The Bertz CT molecular complexity index is 1670. The Kier molecular flexibility index (Phi) is 9.50. The number of aryl methyl sites for hydroxylation is 1. The predicted molar refractivity (Wildman–Crippen MR) is 180 cm³/mol. The number of ether oxygens (including phenoxy) is 1. The normalized spacial score (nSPS) is 25.4. The molecule has 2 fully saturated rings. The Morgan fingerprint density at radius 2 is 2.02 bits per heavy atom. The van der Waals surface area contributed by atoms with Crippen LogP contribution in [0, 0.1) is 22.0 Å². The Morgan fingerprint density at radius 3 is 2.69 bits per heavy atom. The third-order valence-electron chi connectivity index (χ3n) is 10.0. The Labute approximate surface area is 279 Å². The van der Waals surface area contributed by atoms with Gasteiger partial charge in [0.1, 0.15) is 0 Å². The quantitative estimate of drug-likeness (QED) is 0.134. The molecule has 256 valence electrons. The van der Waals surface area contributed by atoms with Crippen molar-refractivity contribution in [1.82, 2.24) is 20.3 Å². The van der Waals surface area contributed by atoms with Crippen LogP contribution in [-0.2, 0) is 39.4 Å². The van der Waals surface area contributed by atoms with Crippen LogP contribution in [-0.4, -0.2) is 75.8 Å². The van der Waals surface area contributed by atoms with Crippen molar-refractivity contribution in [3.63, 3.8) is 0 Å². The van der Waals surface area contributed by atoms with Crippen molar-refractivity contribution in [3.05, 3.63) is 75.6 Å². The number of nitro benzene ring substituents is 1. The first-order valence-electron chi connectivity index (χ1n) is 16.5. The first-order valence-corrected chi connectivity index (χ1v) is 19.6. The number of rotatable bonds is 11. The van der Waals surface area contributed by atoms with Gasteiger partial charge in [0.25, 0.3) is 11.6 Å². The Hall–Kier alpha value is -4.02. The van der Waals surface area contributed by atoms with Crippen LogP contribution in [0.1, 0.15) is 43.0 Å². The minimum Gasteiger partial charge on any atom is -0.432 e. The molecule has 6 rings (SSSR count). The number of carbonyl (C=O) groups is 2. The van der Waals surface area contributed by atoms with Gasteiger partial charge in [-0.05, 0) is 62.7 Å². The lowest BCUT2D eigenvalue weighted by Crippen LogP contribution is -2.46. The number of aromatic nitrogens is 3. The number of hydrogen-bond donors (Lipinski definition) is 4. The summed E-state index contributed by atoms with van der Waals surface area (Å²) >= 11 is 0. The van der Waals surface area contributed by atoms with Crippen molar-refractivity contribution in [2.45, 2.75) is 76.0 Å². The van der Waals surface area contributed by atoms with Crippen LogP contribution < -0.4 is 15.5 Å². The summed E-state index contributed by atoms with van der Waals surface area (Å²) in [6.07, 6.45) is 3.84. The van der Waals surface area contributed by atoms with Crippen LogP contribution in [0.15, 0.2) is 48.7 Å². The van der Waals surface area contributed by atoms with E-state index < -0.39 is 30.9 Å². The number of carbonyl (C=O) groups excluding carboxylic acids is 2. The molecule has 4 N–H and O–H groups in total. The van der Waals surface area contributed by atoms with Crippen molar-refractivity contribution in [2.24, 2.45) is 11.8 Å². The maximum absolute atomic E-state index is 14.7. The van der Waals surface area contributed by atoms with Crippen molar-refractivity contribution >= 4 is 37.2 Å².